The quantitative estimate of drug-likeness (QED) is 0.0204. The fraction of sp³-hybridized carbons (Fsp3) is 0.960. The van der Waals surface area contributed by atoms with E-state index in [1.165, 1.54) is 302 Å². The first-order valence-corrected chi connectivity index (χ1v) is 38.4. The van der Waals surface area contributed by atoms with Gasteiger partial charge >= 0.3 is 0 Å². The summed E-state index contributed by atoms with van der Waals surface area (Å²) in [7, 11) is 0. The van der Waals surface area contributed by atoms with Crippen LogP contribution in [-0.4, -0.2) is 140 Å². The predicted molar refractivity (Wildman–Crippen MR) is 365 cm³/mol. The number of ether oxygens (including phenoxy) is 4. The van der Waals surface area contributed by atoms with Crippen LogP contribution < -0.4 is 5.32 Å². The molecule has 2 aliphatic heterocycles. The van der Waals surface area contributed by atoms with Gasteiger partial charge in [-0.3, -0.25) is 4.79 Å². The lowest BCUT2D eigenvalue weighted by molar-refractivity contribution is -0.359. The van der Waals surface area contributed by atoms with Gasteiger partial charge in [0, 0.05) is 6.42 Å². The van der Waals surface area contributed by atoms with Crippen molar-refractivity contribution < 1.29 is 64.6 Å². The van der Waals surface area contributed by atoms with Crippen molar-refractivity contribution in [3.8, 4) is 0 Å². The number of amides is 1. The molecule has 12 atom stereocenters. The Kier molecular flexibility index (Phi) is 56.9. The first-order valence-electron chi connectivity index (χ1n) is 38.4. The normalized spacial score (nSPS) is 23.0. The molecule has 2 rings (SSSR count). The summed E-state index contributed by atoms with van der Waals surface area (Å²) in [5.41, 5.74) is 0. The molecule has 14 nitrogen and oxygen atoms in total. The van der Waals surface area contributed by atoms with Crippen molar-refractivity contribution in [1.29, 1.82) is 0 Å². The SMILES string of the molecule is CCCCCCCCCCCCCCCCCCCCCCCCC/C=C/C(O)C(COC1OC(CO)C(OC2OC(CO)C(O)C(O)C2O)C(O)C1O)NC(=O)CCCCCCCCCCCCCCCCCCCCCCCCCCCCCCCC. The molecule has 0 spiro atoms. The second-order valence-electron chi connectivity index (χ2n) is 27.5. The smallest absolute Gasteiger partial charge is 0.220 e. The fourth-order valence-electron chi connectivity index (χ4n) is 13.1. The summed E-state index contributed by atoms with van der Waals surface area (Å²) in [6.45, 7) is 2.87. The highest BCUT2D eigenvalue weighted by Crippen LogP contribution is 2.30. The molecule has 0 aromatic rings. The van der Waals surface area contributed by atoms with Gasteiger partial charge in [-0.25, -0.2) is 0 Å². The maximum Gasteiger partial charge on any atom is 0.220 e. The van der Waals surface area contributed by atoms with E-state index >= 15 is 0 Å². The van der Waals surface area contributed by atoms with Gasteiger partial charge in [0.2, 0.25) is 5.91 Å². The minimum Gasteiger partial charge on any atom is -0.394 e. The first-order chi connectivity index (χ1) is 43.6. The highest BCUT2D eigenvalue weighted by molar-refractivity contribution is 5.76. The molecule has 2 aliphatic rings. The average Bonchev–Trinajstić information content (AvgIpc) is 1.37. The third-order valence-electron chi connectivity index (χ3n) is 19.2. The molecule has 1 amide bonds. The Bertz CT molecular complexity index is 1540. The summed E-state index contributed by atoms with van der Waals surface area (Å²) in [5.74, 6) is -0.229. The summed E-state index contributed by atoms with van der Waals surface area (Å²) in [5, 5.41) is 87.6. The van der Waals surface area contributed by atoms with E-state index in [4.69, 9.17) is 18.9 Å². The van der Waals surface area contributed by atoms with Crippen molar-refractivity contribution in [2.24, 2.45) is 0 Å². The summed E-state index contributed by atoms with van der Waals surface area (Å²) in [6, 6.07) is -0.912. The number of unbranched alkanes of at least 4 members (excludes halogenated alkanes) is 52. The van der Waals surface area contributed by atoms with Crippen LogP contribution in [0.25, 0.3) is 0 Å². The van der Waals surface area contributed by atoms with Crippen molar-refractivity contribution in [1.82, 2.24) is 5.32 Å². The Hall–Kier alpha value is -1.27. The highest BCUT2D eigenvalue weighted by Gasteiger charge is 2.51. The Morgan fingerprint density at radius 1 is 0.393 bits per heavy atom. The van der Waals surface area contributed by atoms with Gasteiger partial charge in [0.1, 0.15) is 48.8 Å². The van der Waals surface area contributed by atoms with Crippen LogP contribution in [0.2, 0.25) is 0 Å². The van der Waals surface area contributed by atoms with Gasteiger partial charge in [-0.05, 0) is 19.3 Å². The van der Waals surface area contributed by atoms with E-state index in [0.717, 1.165) is 44.9 Å². The topological polar surface area (TPSA) is 228 Å². The number of rotatable bonds is 65. The van der Waals surface area contributed by atoms with Crippen LogP contribution in [0, 0.1) is 0 Å². The van der Waals surface area contributed by atoms with E-state index in [9.17, 15) is 45.6 Å². The van der Waals surface area contributed by atoms with Gasteiger partial charge in [-0.2, -0.15) is 0 Å². The molecule has 0 aromatic carbocycles. The van der Waals surface area contributed by atoms with Crippen LogP contribution in [0.1, 0.15) is 367 Å². The Morgan fingerprint density at radius 2 is 0.697 bits per heavy atom. The molecule has 0 aliphatic carbocycles. The molecule has 0 aromatic heterocycles. The third-order valence-corrected chi connectivity index (χ3v) is 19.2. The Morgan fingerprint density at radius 3 is 1.03 bits per heavy atom. The summed E-state index contributed by atoms with van der Waals surface area (Å²) in [4.78, 5) is 13.4. The zero-order chi connectivity index (χ0) is 64.5. The molecule has 0 radical (unpaired) electrons. The second-order valence-corrected chi connectivity index (χ2v) is 27.5. The van der Waals surface area contributed by atoms with E-state index in [0.29, 0.717) is 0 Å². The van der Waals surface area contributed by atoms with Crippen molar-refractivity contribution in [3.63, 3.8) is 0 Å². The Balaban J connectivity index is 1.63. The van der Waals surface area contributed by atoms with Crippen molar-refractivity contribution in [3.05, 3.63) is 12.2 Å². The molecular weight excluding hydrogens is 1120 g/mol. The fourth-order valence-corrected chi connectivity index (χ4v) is 13.1. The number of hydrogen-bond donors (Lipinski definition) is 9. The molecule has 14 heteroatoms. The zero-order valence-electron chi connectivity index (χ0n) is 57.7. The number of aliphatic hydroxyl groups is 8. The van der Waals surface area contributed by atoms with Crippen LogP contribution in [-0.2, 0) is 23.7 Å². The predicted octanol–water partition coefficient (Wildman–Crippen LogP) is 16.5. The molecular formula is C75H145NO13. The highest BCUT2D eigenvalue weighted by atomic mass is 16.7. The number of nitrogens with one attached hydrogen (secondary N) is 1. The number of aliphatic hydroxyl groups excluding tert-OH is 8. The first kappa shape index (κ1) is 83.8. The minimum atomic E-state index is -1.79. The molecule has 9 N–H and O–H groups in total. The number of carbonyl (C=O) groups excluding carboxylic acids is 1. The van der Waals surface area contributed by atoms with Gasteiger partial charge in [-0.1, -0.05) is 353 Å². The standard InChI is InChI=1S/C75H145NO13/c1-3-5-7-9-11-13-15-17-19-21-23-25-27-29-30-31-32-33-35-37-39-41-43-45-47-49-51-53-55-57-59-67(80)76-63(62-86-74-72(85)70(83)73(66(61-78)88-74)89-75-71(84)69(82)68(81)65(60-77)87-75)64(79)58-56-54-52-50-48-46-44-42-40-38-36-34-28-26-24-22-20-18-16-14-12-10-8-6-4-2/h56,58,63-66,68-75,77-79,81-85H,3-55,57,59-62H2,1-2H3,(H,76,80)/b58-56+. The summed E-state index contributed by atoms with van der Waals surface area (Å²) < 4.78 is 22.9. The third kappa shape index (κ3) is 44.2. The zero-order valence-corrected chi connectivity index (χ0v) is 57.7. The van der Waals surface area contributed by atoms with E-state index in [1.807, 2.05) is 6.08 Å². The van der Waals surface area contributed by atoms with Gasteiger partial charge < -0.3 is 65.1 Å². The lowest BCUT2D eigenvalue weighted by Crippen LogP contribution is -2.65. The molecule has 0 bridgehead atoms. The van der Waals surface area contributed by atoms with E-state index in [2.05, 4.69) is 19.2 Å². The van der Waals surface area contributed by atoms with Crippen LogP contribution in [0.5, 0.6) is 0 Å². The van der Waals surface area contributed by atoms with E-state index in [1.54, 1.807) is 6.08 Å². The molecule has 0 saturated carbocycles. The Labute approximate surface area is 546 Å². The maximum atomic E-state index is 13.4. The summed E-state index contributed by atoms with van der Waals surface area (Å²) >= 11 is 0. The second kappa shape index (κ2) is 60.4. The molecule has 528 valence electrons. The molecule has 2 fully saturated rings. The number of allylic oxidation sites excluding steroid dienone is 1. The number of carbonyl (C=O) groups is 1. The number of hydrogen-bond acceptors (Lipinski definition) is 13. The minimum absolute atomic E-state index is 0.229. The lowest BCUT2D eigenvalue weighted by Gasteiger charge is -2.46. The van der Waals surface area contributed by atoms with Crippen LogP contribution in [0.4, 0.5) is 0 Å². The van der Waals surface area contributed by atoms with Gasteiger partial charge in [-0.15, -0.1) is 0 Å². The van der Waals surface area contributed by atoms with E-state index in [-0.39, 0.29) is 18.9 Å². The summed E-state index contributed by atoms with van der Waals surface area (Å²) in [6.07, 6.45) is 58.6. The lowest BCUT2D eigenvalue weighted by atomic mass is 9.97. The molecule has 89 heavy (non-hydrogen) atoms. The van der Waals surface area contributed by atoms with Crippen molar-refractivity contribution in [2.75, 3.05) is 19.8 Å². The van der Waals surface area contributed by atoms with Gasteiger partial charge in [0.15, 0.2) is 12.6 Å². The molecule has 2 heterocycles. The molecule has 12 unspecified atom stereocenters. The largest absolute Gasteiger partial charge is 0.394 e. The van der Waals surface area contributed by atoms with Crippen molar-refractivity contribution in [2.45, 2.75) is 441 Å². The van der Waals surface area contributed by atoms with Crippen LogP contribution in [0.15, 0.2) is 12.2 Å². The van der Waals surface area contributed by atoms with Gasteiger partial charge in [0.25, 0.3) is 0 Å². The van der Waals surface area contributed by atoms with Crippen molar-refractivity contribution >= 4 is 5.91 Å². The van der Waals surface area contributed by atoms with Gasteiger partial charge in [0.05, 0.1) is 32.0 Å². The van der Waals surface area contributed by atoms with E-state index < -0.39 is 86.8 Å². The average molecular weight is 1270 g/mol. The van der Waals surface area contributed by atoms with Crippen LogP contribution in [0.3, 0.4) is 0 Å². The maximum absolute atomic E-state index is 13.4. The monoisotopic (exact) mass is 1270 g/mol. The van der Waals surface area contributed by atoms with Crippen LogP contribution >= 0.6 is 0 Å². The molecule has 2 saturated heterocycles.